The molecule has 1 aliphatic carbocycles. The number of amides is 1. The standard InChI is InChI=1S/C17H18N6O2/c1-10-7-12-3-2-4-13(18)16(12)23(10)15(24)9-22-8-14(20-21-22)19-17(25)11-5-6-11/h2-4,7-8,11H,5-6,9,18H2,1H3,(H,19,25). The molecule has 25 heavy (non-hydrogen) atoms. The number of aromatic nitrogens is 4. The number of aryl methyl sites for hydroxylation is 1. The number of rotatable bonds is 4. The maximum absolute atomic E-state index is 12.7. The lowest BCUT2D eigenvalue weighted by Gasteiger charge is -2.08. The summed E-state index contributed by atoms with van der Waals surface area (Å²) >= 11 is 0. The molecule has 8 nitrogen and oxygen atoms in total. The maximum Gasteiger partial charge on any atom is 0.253 e. The van der Waals surface area contributed by atoms with Gasteiger partial charge in [0.1, 0.15) is 6.54 Å². The number of nitrogen functional groups attached to an aromatic ring is 1. The van der Waals surface area contributed by atoms with E-state index in [2.05, 4.69) is 15.6 Å². The third-order valence-electron chi connectivity index (χ3n) is 4.32. The Morgan fingerprint density at radius 1 is 1.36 bits per heavy atom. The zero-order chi connectivity index (χ0) is 17.6. The molecule has 128 valence electrons. The molecule has 3 aromatic rings. The van der Waals surface area contributed by atoms with Crippen molar-refractivity contribution >= 4 is 34.2 Å². The molecule has 4 rings (SSSR count). The van der Waals surface area contributed by atoms with Crippen LogP contribution in [0.1, 0.15) is 23.3 Å². The first-order valence-corrected chi connectivity index (χ1v) is 8.13. The highest BCUT2D eigenvalue weighted by Gasteiger charge is 2.30. The number of hydrogen-bond donors (Lipinski definition) is 2. The van der Waals surface area contributed by atoms with Crippen LogP contribution in [0.4, 0.5) is 11.5 Å². The highest BCUT2D eigenvalue weighted by atomic mass is 16.2. The largest absolute Gasteiger partial charge is 0.397 e. The lowest BCUT2D eigenvalue weighted by atomic mass is 10.2. The summed E-state index contributed by atoms with van der Waals surface area (Å²) in [6, 6.07) is 7.47. The van der Waals surface area contributed by atoms with E-state index in [1.54, 1.807) is 16.8 Å². The Labute approximate surface area is 143 Å². The van der Waals surface area contributed by atoms with Crippen molar-refractivity contribution in [3.63, 3.8) is 0 Å². The van der Waals surface area contributed by atoms with Gasteiger partial charge in [-0.25, -0.2) is 4.68 Å². The van der Waals surface area contributed by atoms with E-state index in [9.17, 15) is 9.59 Å². The van der Waals surface area contributed by atoms with Gasteiger partial charge in [-0.15, -0.1) is 5.10 Å². The van der Waals surface area contributed by atoms with E-state index >= 15 is 0 Å². The smallest absolute Gasteiger partial charge is 0.253 e. The van der Waals surface area contributed by atoms with E-state index in [-0.39, 0.29) is 24.3 Å². The summed E-state index contributed by atoms with van der Waals surface area (Å²) in [5.74, 6) is 0.232. The predicted molar refractivity (Wildman–Crippen MR) is 93.1 cm³/mol. The van der Waals surface area contributed by atoms with Crippen molar-refractivity contribution < 1.29 is 9.59 Å². The molecule has 0 spiro atoms. The van der Waals surface area contributed by atoms with E-state index in [0.29, 0.717) is 17.0 Å². The Bertz CT molecular complexity index is 982. The van der Waals surface area contributed by atoms with Crippen LogP contribution < -0.4 is 11.1 Å². The fourth-order valence-electron chi connectivity index (χ4n) is 2.96. The van der Waals surface area contributed by atoms with Crippen molar-refractivity contribution in [2.24, 2.45) is 5.92 Å². The van der Waals surface area contributed by atoms with Crippen LogP contribution >= 0.6 is 0 Å². The second kappa shape index (κ2) is 5.73. The van der Waals surface area contributed by atoms with Gasteiger partial charge in [0.2, 0.25) is 5.91 Å². The zero-order valence-electron chi connectivity index (χ0n) is 13.8. The van der Waals surface area contributed by atoms with Gasteiger partial charge in [-0.2, -0.15) is 0 Å². The number of anilines is 2. The molecule has 0 bridgehead atoms. The topological polar surface area (TPSA) is 108 Å². The van der Waals surface area contributed by atoms with Gasteiger partial charge in [0.25, 0.3) is 5.91 Å². The van der Waals surface area contributed by atoms with Crippen LogP contribution in [0.3, 0.4) is 0 Å². The van der Waals surface area contributed by atoms with Crippen molar-refractivity contribution in [3.8, 4) is 0 Å². The highest BCUT2D eigenvalue weighted by Crippen LogP contribution is 2.30. The Kier molecular flexibility index (Phi) is 3.52. The van der Waals surface area contributed by atoms with E-state index in [4.69, 9.17) is 5.73 Å². The van der Waals surface area contributed by atoms with Gasteiger partial charge in [-0.1, -0.05) is 17.3 Å². The zero-order valence-corrected chi connectivity index (χ0v) is 13.8. The average Bonchev–Trinajstić information content (AvgIpc) is 3.24. The van der Waals surface area contributed by atoms with Gasteiger partial charge in [-0.3, -0.25) is 14.2 Å². The van der Waals surface area contributed by atoms with Crippen molar-refractivity contribution in [1.29, 1.82) is 0 Å². The average molecular weight is 338 g/mol. The quantitative estimate of drug-likeness (QED) is 0.705. The van der Waals surface area contributed by atoms with E-state index in [1.807, 2.05) is 25.1 Å². The van der Waals surface area contributed by atoms with Gasteiger partial charge in [-0.05, 0) is 31.9 Å². The lowest BCUT2D eigenvalue weighted by molar-refractivity contribution is -0.117. The molecule has 0 radical (unpaired) electrons. The molecule has 0 saturated heterocycles. The minimum Gasteiger partial charge on any atom is -0.397 e. The highest BCUT2D eigenvalue weighted by molar-refractivity contribution is 5.99. The lowest BCUT2D eigenvalue weighted by Crippen LogP contribution is -2.19. The van der Waals surface area contributed by atoms with Gasteiger partial charge in [0.05, 0.1) is 17.4 Å². The van der Waals surface area contributed by atoms with Crippen LogP contribution in [-0.2, 0) is 11.3 Å². The Morgan fingerprint density at radius 3 is 2.92 bits per heavy atom. The second-order valence-corrected chi connectivity index (χ2v) is 6.36. The van der Waals surface area contributed by atoms with E-state index < -0.39 is 0 Å². The summed E-state index contributed by atoms with van der Waals surface area (Å²) in [6.07, 6.45) is 3.39. The van der Waals surface area contributed by atoms with Crippen LogP contribution in [0, 0.1) is 12.8 Å². The first-order chi connectivity index (χ1) is 12.0. The van der Waals surface area contributed by atoms with Crippen LogP contribution in [0.5, 0.6) is 0 Å². The van der Waals surface area contributed by atoms with Gasteiger partial charge in [0, 0.05) is 17.0 Å². The van der Waals surface area contributed by atoms with Gasteiger partial charge in [0.15, 0.2) is 5.82 Å². The third kappa shape index (κ3) is 2.86. The van der Waals surface area contributed by atoms with Crippen molar-refractivity contribution in [2.75, 3.05) is 11.1 Å². The monoisotopic (exact) mass is 338 g/mol. The first-order valence-electron chi connectivity index (χ1n) is 8.13. The molecular formula is C17H18N6O2. The first kappa shape index (κ1) is 15.4. The minimum absolute atomic E-state index is 0.00521. The molecule has 2 heterocycles. The number of para-hydroxylation sites is 1. The summed E-state index contributed by atoms with van der Waals surface area (Å²) in [4.78, 5) is 24.5. The van der Waals surface area contributed by atoms with Crippen LogP contribution in [0.25, 0.3) is 10.9 Å². The molecule has 8 heteroatoms. The number of carbonyl (C=O) groups excluding carboxylic acids is 2. The summed E-state index contributed by atoms with van der Waals surface area (Å²) in [5, 5.41) is 11.4. The van der Waals surface area contributed by atoms with E-state index in [1.165, 1.54) is 4.68 Å². The summed E-state index contributed by atoms with van der Waals surface area (Å²) in [5.41, 5.74) is 8.10. The molecule has 0 aliphatic heterocycles. The SMILES string of the molecule is Cc1cc2cccc(N)c2n1C(=O)Cn1cc(NC(=O)C2CC2)nn1. The summed E-state index contributed by atoms with van der Waals surface area (Å²) in [7, 11) is 0. The molecule has 1 aromatic carbocycles. The normalized spacial score (nSPS) is 14.0. The maximum atomic E-state index is 12.7. The van der Waals surface area contributed by atoms with Crippen molar-refractivity contribution in [2.45, 2.75) is 26.3 Å². The van der Waals surface area contributed by atoms with Crippen LogP contribution in [-0.4, -0.2) is 31.4 Å². The number of hydrogen-bond acceptors (Lipinski definition) is 5. The van der Waals surface area contributed by atoms with Gasteiger partial charge < -0.3 is 11.1 Å². The Morgan fingerprint density at radius 2 is 2.16 bits per heavy atom. The van der Waals surface area contributed by atoms with Gasteiger partial charge >= 0.3 is 0 Å². The fourth-order valence-corrected chi connectivity index (χ4v) is 2.96. The number of nitrogens with one attached hydrogen (secondary N) is 1. The Balaban J connectivity index is 1.55. The molecule has 1 amide bonds. The molecule has 0 unspecified atom stereocenters. The molecule has 1 aliphatic rings. The predicted octanol–water partition coefficient (Wildman–Crippen LogP) is 1.81. The molecule has 0 atom stereocenters. The third-order valence-corrected chi connectivity index (χ3v) is 4.32. The molecule has 3 N–H and O–H groups in total. The molecular weight excluding hydrogens is 320 g/mol. The Hall–Kier alpha value is -3.16. The number of nitrogens with zero attached hydrogens (tertiary/aromatic N) is 4. The summed E-state index contributed by atoms with van der Waals surface area (Å²) in [6.45, 7) is 1.87. The van der Waals surface area contributed by atoms with Crippen LogP contribution in [0.15, 0.2) is 30.5 Å². The number of nitrogens with two attached hydrogens (primary N) is 1. The minimum atomic E-state index is -0.171. The molecule has 2 aromatic heterocycles. The number of carbonyl (C=O) groups is 2. The molecule has 1 fully saturated rings. The summed E-state index contributed by atoms with van der Waals surface area (Å²) < 4.78 is 3.00. The number of fused-ring (bicyclic) bond motifs is 1. The fraction of sp³-hybridized carbons (Fsp3) is 0.294. The number of benzene rings is 1. The van der Waals surface area contributed by atoms with Crippen molar-refractivity contribution in [1.82, 2.24) is 19.6 Å². The molecule has 1 saturated carbocycles. The van der Waals surface area contributed by atoms with E-state index in [0.717, 1.165) is 23.9 Å². The van der Waals surface area contributed by atoms with Crippen molar-refractivity contribution in [3.05, 3.63) is 36.2 Å². The van der Waals surface area contributed by atoms with Crippen LogP contribution in [0.2, 0.25) is 0 Å². The second-order valence-electron chi connectivity index (χ2n) is 6.36.